The number of hydrogen-bond acceptors (Lipinski definition) is 7. The number of nitrogens with zero attached hydrogens (tertiary/aromatic N) is 4. The van der Waals surface area contributed by atoms with Crippen molar-refractivity contribution in [3.05, 3.63) is 139 Å². The molecule has 1 unspecified atom stereocenters. The van der Waals surface area contributed by atoms with Crippen LogP contribution in [0.1, 0.15) is 78.9 Å². The minimum atomic E-state index is -1.57. The number of carbonyl (C=O) groups excluding carboxylic acids is 6. The number of halogens is 5. The lowest BCUT2D eigenvalue weighted by atomic mass is 10.1. The van der Waals surface area contributed by atoms with E-state index in [-0.39, 0.29) is 95.9 Å². The minimum absolute atomic E-state index is 0.0170. The second-order valence-electron chi connectivity index (χ2n) is 21.4. The molecule has 0 radical (unpaired) electrons. The zero-order chi connectivity index (χ0) is 61.3. The lowest BCUT2D eigenvalue weighted by molar-refractivity contribution is -0.138. The number of carbonyl (C=O) groups is 6. The molecular formula is C59H71BrCl2F2N6O7PSSi2+. The van der Waals surface area contributed by atoms with Crippen molar-refractivity contribution in [1.29, 1.82) is 0 Å². The van der Waals surface area contributed by atoms with Crippen LogP contribution < -0.4 is 10.6 Å². The van der Waals surface area contributed by atoms with E-state index in [1.807, 2.05) is 64.1 Å². The highest BCUT2D eigenvalue weighted by Crippen LogP contribution is 2.27. The molecule has 0 saturated heterocycles. The molecular weight excluding hydrogens is 1210 g/mol. The molecule has 2 heterocycles. The van der Waals surface area contributed by atoms with E-state index in [1.165, 1.54) is 41.8 Å². The Morgan fingerprint density at radius 2 is 1.07 bits per heavy atom. The molecule has 0 aliphatic rings. The largest absolute Gasteiger partial charge is 0.404 e. The standard InChI is InChI=1S/C29H33ClFN3O3Si.C24H24BrClFN3O3.C5H10Si.CH3OPS/c1-19(2)34(17-27(36)32-15-22-8-7-9-25(30)29(22)31)28(37)18-33-16-24(20(3)35)23-14-21(10-11-26(23)33)12-13-38(4,5)6;1-14(2)30(12-22(32)28-10-16-5-4-6-20(26)24(16)27)23(33)13-29-11-19(15(3)31)18-9-17(25)7-8-21(18)29;1-5-6(2,3)4;1-3(2)4/h7-11,14,16,19H,15,17-18H2,1-6H3,(H,32,36);4-9,11,14H,10,12-13H2,1-3H3,(H,28,32);1H,2-4H3;1H3/p+1. The quantitative estimate of drug-likeness (QED) is 0.0286. The Kier molecular flexibility index (Phi) is 27.0. The Balaban J connectivity index is 0.000000366. The maximum Gasteiger partial charge on any atom is 0.404 e. The monoisotopic (exact) mass is 1280 g/mol. The average Bonchev–Trinajstić information content (AvgIpc) is 4.05. The maximum absolute atomic E-state index is 14.1. The van der Waals surface area contributed by atoms with E-state index in [1.54, 1.807) is 46.4 Å². The number of hydrogen-bond donors (Lipinski definition) is 3. The summed E-state index contributed by atoms with van der Waals surface area (Å²) < 4.78 is 41.9. The molecule has 0 aliphatic heterocycles. The molecule has 2 aromatic heterocycles. The number of nitrogens with one attached hydrogen (secondary N) is 2. The number of fused-ring (bicyclic) bond motifs is 2. The minimum Gasteiger partial charge on any atom is -0.350 e. The summed E-state index contributed by atoms with van der Waals surface area (Å²) in [5.74, 6) is 0.465. The second kappa shape index (κ2) is 31.5. The van der Waals surface area contributed by atoms with Gasteiger partial charge >= 0.3 is 7.00 Å². The molecule has 4 amide bonds. The number of Topliss-reactive ketones (excluding diaryl/α,β-unsaturated/α-hetero) is 2. The molecule has 0 fully saturated rings. The van der Waals surface area contributed by atoms with E-state index in [4.69, 9.17) is 29.6 Å². The highest BCUT2D eigenvalue weighted by Gasteiger charge is 2.25. The molecule has 2 N–H and O–H groups in total. The smallest absolute Gasteiger partial charge is 0.350 e. The molecule has 4 aromatic carbocycles. The van der Waals surface area contributed by atoms with Crippen LogP contribution in [0.15, 0.2) is 89.7 Å². The van der Waals surface area contributed by atoms with Gasteiger partial charge in [-0.05, 0) is 90.1 Å². The van der Waals surface area contributed by atoms with Gasteiger partial charge in [0.1, 0.15) is 59.8 Å². The van der Waals surface area contributed by atoms with Crippen molar-refractivity contribution < 1.29 is 42.1 Å². The van der Waals surface area contributed by atoms with Crippen LogP contribution in [0.3, 0.4) is 0 Å². The summed E-state index contributed by atoms with van der Waals surface area (Å²) in [6, 6.07) is 19.8. The van der Waals surface area contributed by atoms with Crippen LogP contribution in [0, 0.1) is 35.1 Å². The predicted octanol–water partition coefficient (Wildman–Crippen LogP) is 13.2. The van der Waals surface area contributed by atoms with Gasteiger partial charge < -0.3 is 29.6 Å². The number of rotatable bonds is 16. The van der Waals surface area contributed by atoms with Crippen LogP contribution in [0.2, 0.25) is 49.3 Å². The van der Waals surface area contributed by atoms with Gasteiger partial charge in [-0.3, -0.25) is 28.8 Å². The number of aromatic nitrogens is 2. The Labute approximate surface area is 501 Å². The summed E-state index contributed by atoms with van der Waals surface area (Å²) >= 11 is 18.5. The third-order valence-electron chi connectivity index (χ3n) is 11.6. The molecule has 0 spiro atoms. The number of ketones is 2. The van der Waals surface area contributed by atoms with Gasteiger partial charge in [0.2, 0.25) is 23.6 Å². The van der Waals surface area contributed by atoms with Gasteiger partial charge in [0.25, 0.3) is 0 Å². The fraction of sp³-hybridized carbons (Fsp3) is 0.356. The van der Waals surface area contributed by atoms with Crippen molar-refractivity contribution in [2.24, 2.45) is 0 Å². The Bertz CT molecular complexity index is 3410. The van der Waals surface area contributed by atoms with Crippen molar-refractivity contribution in [3.8, 4) is 23.4 Å². The van der Waals surface area contributed by atoms with E-state index in [0.29, 0.717) is 11.1 Å². The first-order chi connectivity index (χ1) is 37.6. The number of terminal acetylenes is 1. The first-order valence-corrected chi connectivity index (χ1v) is 37.1. The van der Waals surface area contributed by atoms with E-state index < -0.39 is 46.6 Å². The second-order valence-corrected chi connectivity index (χ2v) is 35.3. The van der Waals surface area contributed by atoms with Gasteiger partial charge in [-0.2, -0.15) is 0 Å². The van der Waals surface area contributed by atoms with Crippen LogP contribution in [0.5, 0.6) is 0 Å². The van der Waals surface area contributed by atoms with E-state index >= 15 is 0 Å². The fourth-order valence-electron chi connectivity index (χ4n) is 7.50. The van der Waals surface area contributed by atoms with Gasteiger partial charge in [0, 0.05) is 91.7 Å². The Morgan fingerprint density at radius 1 is 0.691 bits per heavy atom. The van der Waals surface area contributed by atoms with Gasteiger partial charge in [-0.1, -0.05) is 113 Å². The van der Waals surface area contributed by atoms with Crippen molar-refractivity contribution in [1.82, 2.24) is 29.6 Å². The SMILES string of the molecule is C#C[Si](C)(C)C.CC(=O)c1cn(CC(=O)N(CC(=O)NCc2cccc(Cl)c2F)C(C)C)c2ccc(Br)cc12.CC(=O)c1cn(CC(=O)N(CC(=O)NCc2cccc(Cl)c2F)C(C)C)c2ccc(C#C[Si](C)(C)C)cc12.C[P+](=O)S. The third-order valence-corrected chi connectivity index (χ3v) is 14.5. The molecule has 1 atom stereocenters. The first kappa shape index (κ1) is 69.4. The summed E-state index contributed by atoms with van der Waals surface area (Å²) in [4.78, 5) is 78.9. The summed E-state index contributed by atoms with van der Waals surface area (Å²) in [6.07, 6.45) is 8.46. The van der Waals surface area contributed by atoms with Crippen molar-refractivity contribution >= 4 is 132 Å². The van der Waals surface area contributed by atoms with Crippen LogP contribution in [0.25, 0.3) is 21.8 Å². The zero-order valence-corrected chi connectivity index (χ0v) is 54.9. The lowest BCUT2D eigenvalue weighted by Gasteiger charge is -2.26. The molecule has 432 valence electrons. The third kappa shape index (κ3) is 22.4. The summed E-state index contributed by atoms with van der Waals surface area (Å²) in [5.41, 5.74) is 9.96. The topological polar surface area (TPSA) is 160 Å². The molecule has 0 aliphatic carbocycles. The molecule has 6 rings (SSSR count). The summed E-state index contributed by atoms with van der Waals surface area (Å²) in [7, 11) is -3.85. The van der Waals surface area contributed by atoms with Gasteiger partial charge in [-0.15, -0.1) is 17.5 Å². The molecule has 0 bridgehead atoms. The molecule has 81 heavy (non-hydrogen) atoms. The van der Waals surface area contributed by atoms with Crippen molar-refractivity contribution in [3.63, 3.8) is 0 Å². The normalized spacial score (nSPS) is 11.1. The lowest BCUT2D eigenvalue weighted by Crippen LogP contribution is -2.45. The number of amides is 4. The van der Waals surface area contributed by atoms with E-state index in [2.05, 4.69) is 95.1 Å². The van der Waals surface area contributed by atoms with E-state index in [0.717, 1.165) is 31.8 Å². The molecule has 22 heteroatoms. The average molecular weight is 1280 g/mol. The zero-order valence-electron chi connectivity index (χ0n) is 48.0. The van der Waals surface area contributed by atoms with E-state index in [9.17, 15) is 42.1 Å². The Morgan fingerprint density at radius 3 is 1.43 bits per heavy atom. The summed E-state index contributed by atoms with van der Waals surface area (Å²) in [5, 5.41) is 6.75. The Hall–Kier alpha value is -5.90. The highest BCUT2D eigenvalue weighted by atomic mass is 79.9. The van der Waals surface area contributed by atoms with Gasteiger partial charge in [0.05, 0.1) is 23.1 Å². The first-order valence-electron chi connectivity index (χ1n) is 25.7. The van der Waals surface area contributed by atoms with Gasteiger partial charge in [-0.25, -0.2) is 8.78 Å². The fourth-order valence-corrected chi connectivity index (χ4v) is 8.76. The maximum atomic E-state index is 14.1. The van der Waals surface area contributed by atoms with Crippen molar-refractivity contribution in [2.45, 2.75) is 119 Å². The van der Waals surface area contributed by atoms with Gasteiger partial charge in [0.15, 0.2) is 11.6 Å². The van der Waals surface area contributed by atoms with Crippen LogP contribution in [-0.2, 0) is 49.9 Å². The van der Waals surface area contributed by atoms with Crippen LogP contribution >= 0.6 is 58.4 Å². The summed E-state index contributed by atoms with van der Waals surface area (Å²) in [6.45, 7) is 24.2. The number of thiol groups is 1. The highest BCUT2D eigenvalue weighted by molar-refractivity contribution is 9.10. The van der Waals surface area contributed by atoms with Crippen molar-refractivity contribution in [2.75, 3.05) is 19.8 Å². The predicted molar refractivity (Wildman–Crippen MR) is 337 cm³/mol. The molecule has 13 nitrogen and oxygen atoms in total. The molecule has 6 aromatic rings. The molecule has 0 saturated carbocycles. The van der Waals surface area contributed by atoms with Crippen LogP contribution in [-0.4, -0.2) is 102 Å². The van der Waals surface area contributed by atoms with Crippen LogP contribution in [0.4, 0.5) is 8.78 Å². The number of benzene rings is 4.